The fraction of sp³-hybridized carbons (Fsp3) is 0.118. The molecule has 0 bridgehead atoms. The summed E-state index contributed by atoms with van der Waals surface area (Å²) in [5, 5.41) is 11.0. The normalized spacial score (nSPS) is 10.7. The molecule has 0 saturated heterocycles. The second-order valence-electron chi connectivity index (χ2n) is 5.69. The summed E-state index contributed by atoms with van der Waals surface area (Å²) < 4.78 is 1.32. The van der Waals surface area contributed by atoms with Gasteiger partial charge in [-0.05, 0) is 25.5 Å². The quantitative estimate of drug-likeness (QED) is 0.580. The molecule has 4 heterocycles. The molecule has 134 valence electrons. The molecule has 0 aliphatic rings. The summed E-state index contributed by atoms with van der Waals surface area (Å²) in [5.74, 6) is 0.0165. The predicted molar refractivity (Wildman–Crippen MR) is 99.7 cm³/mol. The maximum absolute atomic E-state index is 12.7. The molecule has 4 rings (SSSR count). The zero-order valence-corrected chi connectivity index (χ0v) is 15.3. The van der Waals surface area contributed by atoms with Gasteiger partial charge in [-0.1, -0.05) is 11.3 Å². The number of carbonyl (C=O) groups excluding carboxylic acids is 1. The first-order valence-corrected chi connectivity index (χ1v) is 8.82. The van der Waals surface area contributed by atoms with Crippen LogP contribution in [0, 0.1) is 13.8 Å². The molecule has 27 heavy (non-hydrogen) atoms. The van der Waals surface area contributed by atoms with Crippen LogP contribution in [0.25, 0.3) is 17.2 Å². The van der Waals surface area contributed by atoms with E-state index in [2.05, 4.69) is 35.6 Å². The molecule has 9 nitrogen and oxygen atoms in total. The summed E-state index contributed by atoms with van der Waals surface area (Å²) in [5.41, 5.74) is 2.82. The molecule has 10 heteroatoms. The molecule has 4 aromatic heterocycles. The molecule has 0 saturated carbocycles. The lowest BCUT2D eigenvalue weighted by molar-refractivity contribution is 0.101. The van der Waals surface area contributed by atoms with Crippen LogP contribution in [0.2, 0.25) is 0 Å². The lowest BCUT2D eigenvalue weighted by atomic mass is 10.2. The van der Waals surface area contributed by atoms with E-state index >= 15 is 0 Å². The Morgan fingerprint density at radius 3 is 2.74 bits per heavy atom. The number of hydrogen-bond acceptors (Lipinski definition) is 8. The van der Waals surface area contributed by atoms with Crippen molar-refractivity contribution in [3.8, 4) is 17.2 Å². The number of pyridine rings is 1. The molecule has 1 amide bonds. The van der Waals surface area contributed by atoms with Gasteiger partial charge in [0.1, 0.15) is 5.69 Å². The molecule has 0 atom stereocenters. The number of hydrogen-bond donors (Lipinski definition) is 1. The van der Waals surface area contributed by atoms with Gasteiger partial charge in [0, 0.05) is 23.5 Å². The van der Waals surface area contributed by atoms with Crippen LogP contribution in [0.4, 0.5) is 5.13 Å². The van der Waals surface area contributed by atoms with Crippen LogP contribution in [-0.2, 0) is 0 Å². The number of anilines is 1. The summed E-state index contributed by atoms with van der Waals surface area (Å²) in [6.45, 7) is 3.92. The van der Waals surface area contributed by atoms with Gasteiger partial charge < -0.3 is 0 Å². The monoisotopic (exact) mass is 378 g/mol. The number of nitrogens with zero attached hydrogens (tertiary/aromatic N) is 7. The van der Waals surface area contributed by atoms with Crippen LogP contribution in [0.5, 0.6) is 0 Å². The Balaban J connectivity index is 1.59. The lowest BCUT2D eigenvalue weighted by Crippen LogP contribution is -2.17. The van der Waals surface area contributed by atoms with Crippen LogP contribution in [0.3, 0.4) is 0 Å². The minimum atomic E-state index is -0.386. The second kappa shape index (κ2) is 7.00. The van der Waals surface area contributed by atoms with E-state index in [0.717, 1.165) is 21.8 Å². The molecule has 0 aliphatic heterocycles. The van der Waals surface area contributed by atoms with E-state index in [1.165, 1.54) is 34.6 Å². The van der Waals surface area contributed by atoms with Crippen molar-refractivity contribution in [1.82, 2.24) is 34.9 Å². The van der Waals surface area contributed by atoms with E-state index in [0.29, 0.717) is 10.9 Å². The Bertz CT molecular complexity index is 1090. The zero-order chi connectivity index (χ0) is 18.8. The van der Waals surface area contributed by atoms with E-state index in [4.69, 9.17) is 0 Å². The van der Waals surface area contributed by atoms with Crippen molar-refractivity contribution in [2.75, 3.05) is 5.32 Å². The van der Waals surface area contributed by atoms with Crippen molar-refractivity contribution in [1.29, 1.82) is 0 Å². The molecule has 0 fully saturated rings. The van der Waals surface area contributed by atoms with Gasteiger partial charge in [0.15, 0.2) is 16.6 Å². The molecular weight excluding hydrogens is 364 g/mol. The fourth-order valence-electron chi connectivity index (χ4n) is 2.42. The number of carbonyl (C=O) groups is 1. The van der Waals surface area contributed by atoms with E-state index < -0.39 is 0 Å². The summed E-state index contributed by atoms with van der Waals surface area (Å²) in [7, 11) is 0. The highest BCUT2D eigenvalue weighted by molar-refractivity contribution is 7.16. The minimum absolute atomic E-state index is 0.235. The first-order chi connectivity index (χ1) is 13.1. The van der Waals surface area contributed by atoms with Crippen LogP contribution in [-0.4, -0.2) is 40.8 Å². The molecule has 0 aromatic carbocycles. The summed E-state index contributed by atoms with van der Waals surface area (Å²) in [6, 6.07) is 3.89. The number of amides is 1. The molecule has 0 aliphatic carbocycles. The first-order valence-electron chi connectivity index (χ1n) is 8.01. The molecular formula is C17H14N8OS. The number of aromatic nitrogens is 7. The van der Waals surface area contributed by atoms with Gasteiger partial charge >= 0.3 is 0 Å². The van der Waals surface area contributed by atoms with Gasteiger partial charge in [0.05, 0.1) is 18.1 Å². The largest absolute Gasteiger partial charge is 0.296 e. The van der Waals surface area contributed by atoms with Crippen molar-refractivity contribution >= 4 is 22.4 Å². The van der Waals surface area contributed by atoms with Gasteiger partial charge in [-0.15, -0.1) is 16.4 Å². The first kappa shape index (κ1) is 16.9. The van der Waals surface area contributed by atoms with Crippen molar-refractivity contribution < 1.29 is 4.79 Å². The SMILES string of the molecule is Cc1ccc(-c2nc(NC(=O)c3cnnn3-c3cnccn3)sc2C)nc1. The summed E-state index contributed by atoms with van der Waals surface area (Å²) >= 11 is 1.38. The smallest absolute Gasteiger partial charge is 0.277 e. The maximum atomic E-state index is 12.7. The third kappa shape index (κ3) is 3.42. The van der Waals surface area contributed by atoms with Gasteiger partial charge in [-0.3, -0.25) is 20.1 Å². The summed E-state index contributed by atoms with van der Waals surface area (Å²) in [4.78, 5) is 30.6. The molecule has 4 aromatic rings. The Morgan fingerprint density at radius 1 is 1.11 bits per heavy atom. The third-order valence-electron chi connectivity index (χ3n) is 3.72. The Hall–Kier alpha value is -3.53. The lowest BCUT2D eigenvalue weighted by Gasteiger charge is -2.04. The highest BCUT2D eigenvalue weighted by atomic mass is 32.1. The third-order valence-corrected chi connectivity index (χ3v) is 4.61. The van der Waals surface area contributed by atoms with Crippen molar-refractivity contribution in [2.45, 2.75) is 13.8 Å². The van der Waals surface area contributed by atoms with Crippen molar-refractivity contribution in [3.05, 3.63) is 59.3 Å². The molecule has 0 spiro atoms. The molecule has 0 unspecified atom stereocenters. The predicted octanol–water partition coefficient (Wildman–Crippen LogP) is 2.44. The highest BCUT2D eigenvalue weighted by Gasteiger charge is 2.18. The minimum Gasteiger partial charge on any atom is -0.296 e. The zero-order valence-electron chi connectivity index (χ0n) is 14.5. The van der Waals surface area contributed by atoms with Gasteiger partial charge in [-0.25, -0.2) is 9.97 Å². The van der Waals surface area contributed by atoms with Crippen LogP contribution in [0.15, 0.2) is 43.1 Å². The van der Waals surface area contributed by atoms with Crippen molar-refractivity contribution in [3.63, 3.8) is 0 Å². The average molecular weight is 378 g/mol. The van der Waals surface area contributed by atoms with E-state index in [-0.39, 0.29) is 11.6 Å². The van der Waals surface area contributed by atoms with Gasteiger partial charge in [0.25, 0.3) is 5.91 Å². The van der Waals surface area contributed by atoms with Gasteiger partial charge in [-0.2, -0.15) is 4.68 Å². The van der Waals surface area contributed by atoms with Crippen LogP contribution < -0.4 is 5.32 Å². The van der Waals surface area contributed by atoms with Gasteiger partial charge in [0.2, 0.25) is 0 Å². The topological polar surface area (TPSA) is 111 Å². The molecule has 1 N–H and O–H groups in total. The average Bonchev–Trinajstić information content (AvgIpc) is 3.30. The van der Waals surface area contributed by atoms with E-state index in [9.17, 15) is 4.79 Å². The summed E-state index contributed by atoms with van der Waals surface area (Å²) in [6.07, 6.45) is 7.72. The number of nitrogens with one attached hydrogen (secondary N) is 1. The van der Waals surface area contributed by atoms with E-state index in [1.807, 2.05) is 26.0 Å². The van der Waals surface area contributed by atoms with Crippen molar-refractivity contribution in [2.24, 2.45) is 0 Å². The number of rotatable bonds is 4. The van der Waals surface area contributed by atoms with Crippen LogP contribution in [0.1, 0.15) is 20.9 Å². The highest BCUT2D eigenvalue weighted by Crippen LogP contribution is 2.29. The number of thiazole rings is 1. The maximum Gasteiger partial charge on any atom is 0.277 e. The van der Waals surface area contributed by atoms with Crippen LogP contribution >= 0.6 is 11.3 Å². The Kier molecular flexibility index (Phi) is 4.38. The fourth-order valence-corrected chi connectivity index (χ4v) is 3.23. The Morgan fingerprint density at radius 2 is 2.00 bits per heavy atom. The molecule has 0 radical (unpaired) electrons. The standard InChI is InChI=1S/C17H14N8OS/c1-10-3-4-12(20-7-10)15-11(2)27-17(22-15)23-16(26)13-8-21-24-25(13)14-9-18-5-6-19-14/h3-9H,1-2H3,(H,22,23,26). The second-order valence-corrected chi connectivity index (χ2v) is 6.90. The van der Waals surface area contributed by atoms with E-state index in [1.54, 1.807) is 12.4 Å². The number of aryl methyl sites for hydroxylation is 2. The Labute approximate surface area is 158 Å².